The lowest BCUT2D eigenvalue weighted by Gasteiger charge is -2.01. The molecule has 1 aromatic heterocycles. The van der Waals surface area contributed by atoms with Crippen LogP contribution in [0.25, 0.3) is 0 Å². The van der Waals surface area contributed by atoms with Crippen LogP contribution in [0.15, 0.2) is 17.5 Å². The van der Waals surface area contributed by atoms with Crippen LogP contribution in [-0.2, 0) is 6.42 Å². The van der Waals surface area contributed by atoms with E-state index in [9.17, 15) is 4.79 Å². The van der Waals surface area contributed by atoms with E-state index < -0.39 is 0 Å². The maximum Gasteiger partial charge on any atom is 0.271 e. The van der Waals surface area contributed by atoms with E-state index in [1.54, 1.807) is 5.38 Å². The van der Waals surface area contributed by atoms with Crippen LogP contribution in [0.3, 0.4) is 0 Å². The number of nitrogens with one attached hydrogen (secondary N) is 1. The topological polar surface area (TPSA) is 68.0 Å². The number of nitrogens with two attached hydrogens (primary N) is 1. The Hall–Kier alpha value is -1.20. The summed E-state index contributed by atoms with van der Waals surface area (Å²) in [7, 11) is 0. The molecule has 0 aromatic carbocycles. The Labute approximate surface area is 93.2 Å². The number of carbonyl (C=O) groups excluding carboxylic acids is 1. The standard InChI is InChI=1S/C10H15N3OS/c1-7(2)5-12-10(14)8-6-15-9(13-8)3-4-11/h6H,1,3-5,11H2,2H3,(H,12,14). The van der Waals surface area contributed by atoms with Gasteiger partial charge in [0.2, 0.25) is 0 Å². The smallest absolute Gasteiger partial charge is 0.271 e. The summed E-state index contributed by atoms with van der Waals surface area (Å²) in [5.41, 5.74) is 6.78. The summed E-state index contributed by atoms with van der Waals surface area (Å²) >= 11 is 1.46. The van der Waals surface area contributed by atoms with Crippen LogP contribution in [0.2, 0.25) is 0 Å². The molecule has 0 atom stereocenters. The Morgan fingerprint density at radius 1 is 1.73 bits per heavy atom. The highest BCUT2D eigenvalue weighted by Gasteiger charge is 2.09. The molecule has 1 heterocycles. The van der Waals surface area contributed by atoms with Gasteiger partial charge in [-0.1, -0.05) is 12.2 Å². The van der Waals surface area contributed by atoms with Gasteiger partial charge in [-0.15, -0.1) is 11.3 Å². The van der Waals surface area contributed by atoms with Crippen molar-refractivity contribution in [3.8, 4) is 0 Å². The molecule has 3 N–H and O–H groups in total. The highest BCUT2D eigenvalue weighted by molar-refractivity contribution is 7.09. The molecule has 4 nitrogen and oxygen atoms in total. The predicted molar refractivity (Wildman–Crippen MR) is 62.0 cm³/mol. The minimum Gasteiger partial charge on any atom is -0.347 e. The second-order valence-corrected chi connectivity index (χ2v) is 4.25. The molecule has 5 heteroatoms. The van der Waals surface area contributed by atoms with Crippen LogP contribution in [0.1, 0.15) is 22.4 Å². The lowest BCUT2D eigenvalue weighted by atomic mass is 10.3. The van der Waals surface area contributed by atoms with E-state index >= 15 is 0 Å². The van der Waals surface area contributed by atoms with Gasteiger partial charge in [0.25, 0.3) is 5.91 Å². The van der Waals surface area contributed by atoms with Gasteiger partial charge in [0.15, 0.2) is 0 Å². The highest BCUT2D eigenvalue weighted by atomic mass is 32.1. The zero-order valence-electron chi connectivity index (χ0n) is 8.75. The van der Waals surface area contributed by atoms with E-state index in [1.807, 2.05) is 6.92 Å². The van der Waals surface area contributed by atoms with Crippen LogP contribution in [-0.4, -0.2) is 24.0 Å². The van der Waals surface area contributed by atoms with Gasteiger partial charge in [0.1, 0.15) is 5.69 Å². The van der Waals surface area contributed by atoms with Crippen molar-refractivity contribution in [1.29, 1.82) is 0 Å². The molecule has 1 aromatic rings. The SMILES string of the molecule is C=C(C)CNC(=O)c1csc(CCN)n1. The molecule has 82 valence electrons. The largest absolute Gasteiger partial charge is 0.347 e. The minimum absolute atomic E-state index is 0.155. The van der Waals surface area contributed by atoms with Crippen molar-refractivity contribution in [2.45, 2.75) is 13.3 Å². The first-order valence-corrected chi connectivity index (χ1v) is 5.58. The molecule has 1 amide bonds. The van der Waals surface area contributed by atoms with Crippen molar-refractivity contribution in [2.75, 3.05) is 13.1 Å². The van der Waals surface area contributed by atoms with Gasteiger partial charge in [-0.2, -0.15) is 0 Å². The number of aromatic nitrogens is 1. The van der Waals surface area contributed by atoms with Crippen molar-refractivity contribution < 1.29 is 4.79 Å². The van der Waals surface area contributed by atoms with Crippen molar-refractivity contribution in [3.05, 3.63) is 28.2 Å². The molecule has 0 aliphatic rings. The zero-order valence-corrected chi connectivity index (χ0v) is 9.56. The molecule has 15 heavy (non-hydrogen) atoms. The number of nitrogens with zero attached hydrogens (tertiary/aromatic N) is 1. The summed E-state index contributed by atoms with van der Waals surface area (Å²) in [6, 6.07) is 0. The predicted octanol–water partition coefficient (Wildman–Crippen LogP) is 0.950. The Balaban J connectivity index is 2.54. The van der Waals surface area contributed by atoms with E-state index in [0.717, 1.165) is 17.0 Å². The number of hydrogen-bond acceptors (Lipinski definition) is 4. The Morgan fingerprint density at radius 2 is 2.47 bits per heavy atom. The molecule has 0 spiro atoms. The number of amides is 1. The van der Waals surface area contributed by atoms with Crippen molar-refractivity contribution in [1.82, 2.24) is 10.3 Å². The average molecular weight is 225 g/mol. The molecule has 0 radical (unpaired) electrons. The first kappa shape index (κ1) is 11.9. The van der Waals surface area contributed by atoms with E-state index in [2.05, 4.69) is 16.9 Å². The van der Waals surface area contributed by atoms with E-state index in [0.29, 0.717) is 18.8 Å². The molecular weight excluding hydrogens is 210 g/mol. The summed E-state index contributed by atoms with van der Waals surface area (Å²) < 4.78 is 0. The summed E-state index contributed by atoms with van der Waals surface area (Å²) in [6.07, 6.45) is 0.721. The third-order valence-electron chi connectivity index (χ3n) is 1.69. The fraction of sp³-hybridized carbons (Fsp3) is 0.400. The van der Waals surface area contributed by atoms with Crippen LogP contribution in [0.5, 0.6) is 0 Å². The lowest BCUT2D eigenvalue weighted by Crippen LogP contribution is -2.25. The Bertz CT molecular complexity index is 359. The van der Waals surface area contributed by atoms with Crippen molar-refractivity contribution >= 4 is 17.2 Å². The van der Waals surface area contributed by atoms with E-state index in [1.165, 1.54) is 11.3 Å². The fourth-order valence-corrected chi connectivity index (χ4v) is 1.77. The summed E-state index contributed by atoms with van der Waals surface area (Å²) in [5, 5.41) is 5.38. The first-order valence-electron chi connectivity index (χ1n) is 4.70. The number of hydrogen-bond donors (Lipinski definition) is 2. The van der Waals surface area contributed by atoms with E-state index in [-0.39, 0.29) is 5.91 Å². The molecule has 0 saturated carbocycles. The van der Waals surface area contributed by atoms with Gasteiger partial charge in [0.05, 0.1) is 5.01 Å². The monoisotopic (exact) mass is 225 g/mol. The highest BCUT2D eigenvalue weighted by Crippen LogP contribution is 2.09. The minimum atomic E-state index is -0.155. The molecule has 0 unspecified atom stereocenters. The molecule has 0 aliphatic carbocycles. The van der Waals surface area contributed by atoms with Crippen LogP contribution in [0.4, 0.5) is 0 Å². The van der Waals surface area contributed by atoms with Crippen LogP contribution >= 0.6 is 11.3 Å². The Morgan fingerprint density at radius 3 is 3.07 bits per heavy atom. The van der Waals surface area contributed by atoms with Crippen molar-refractivity contribution in [3.63, 3.8) is 0 Å². The zero-order chi connectivity index (χ0) is 11.3. The third-order valence-corrected chi connectivity index (χ3v) is 2.60. The van der Waals surface area contributed by atoms with Gasteiger partial charge >= 0.3 is 0 Å². The molecule has 0 aliphatic heterocycles. The number of carbonyl (C=O) groups is 1. The van der Waals surface area contributed by atoms with Gasteiger partial charge in [-0.25, -0.2) is 4.98 Å². The third kappa shape index (κ3) is 3.81. The molecule has 0 saturated heterocycles. The first-order chi connectivity index (χ1) is 7.13. The van der Waals surface area contributed by atoms with Crippen molar-refractivity contribution in [2.24, 2.45) is 5.73 Å². The lowest BCUT2D eigenvalue weighted by molar-refractivity contribution is 0.0952. The summed E-state index contributed by atoms with van der Waals surface area (Å²) in [6.45, 7) is 6.61. The van der Waals surface area contributed by atoms with Crippen LogP contribution < -0.4 is 11.1 Å². The van der Waals surface area contributed by atoms with Gasteiger partial charge in [-0.05, 0) is 13.5 Å². The van der Waals surface area contributed by atoms with E-state index in [4.69, 9.17) is 5.73 Å². The van der Waals surface area contributed by atoms with Gasteiger partial charge in [-0.3, -0.25) is 4.79 Å². The average Bonchev–Trinajstić information content (AvgIpc) is 2.63. The maximum absolute atomic E-state index is 11.5. The van der Waals surface area contributed by atoms with Gasteiger partial charge in [0, 0.05) is 18.3 Å². The Kier molecular flexibility index (Phi) is 4.45. The molecule has 1 rings (SSSR count). The quantitative estimate of drug-likeness (QED) is 0.733. The maximum atomic E-state index is 11.5. The fourth-order valence-electron chi connectivity index (χ4n) is 0.975. The number of thiazole rings is 1. The second kappa shape index (κ2) is 5.63. The molecule has 0 bridgehead atoms. The van der Waals surface area contributed by atoms with Crippen LogP contribution in [0, 0.1) is 0 Å². The normalized spacial score (nSPS) is 10.0. The van der Waals surface area contributed by atoms with Gasteiger partial charge < -0.3 is 11.1 Å². The summed E-state index contributed by atoms with van der Waals surface area (Å²) in [4.78, 5) is 15.7. The summed E-state index contributed by atoms with van der Waals surface area (Å²) in [5.74, 6) is -0.155. The molecule has 0 fully saturated rings. The second-order valence-electron chi connectivity index (χ2n) is 3.30. The number of rotatable bonds is 5. The molecular formula is C10H15N3OS.